The van der Waals surface area contributed by atoms with Crippen LogP contribution in [0, 0.1) is 31.8 Å². The van der Waals surface area contributed by atoms with Gasteiger partial charge in [-0.15, -0.1) is 11.3 Å². The molecule has 0 atom stereocenters. The molecule has 0 radical (unpaired) electrons. The molecule has 1 heterocycles. The Morgan fingerprint density at radius 3 is 2.67 bits per heavy atom. The van der Waals surface area contributed by atoms with E-state index in [0.717, 1.165) is 16.0 Å². The number of nitrogens with zero attached hydrogens (tertiary/aromatic N) is 2. The number of fused-ring (bicyclic) bond motifs is 1. The van der Waals surface area contributed by atoms with Crippen molar-refractivity contribution in [3.05, 3.63) is 49.6 Å². The lowest BCUT2D eigenvalue weighted by atomic mass is 10.0. The molecule has 0 unspecified atom stereocenters. The van der Waals surface area contributed by atoms with Crippen molar-refractivity contribution in [1.29, 1.82) is 5.26 Å². The van der Waals surface area contributed by atoms with Gasteiger partial charge in [-0.05, 0) is 31.9 Å². The molecule has 0 aliphatic heterocycles. The molecule has 18 heavy (non-hydrogen) atoms. The van der Waals surface area contributed by atoms with Crippen LogP contribution in [0.25, 0.3) is 10.4 Å². The van der Waals surface area contributed by atoms with E-state index >= 15 is 0 Å². The first-order chi connectivity index (χ1) is 8.56. The fraction of sp³-hybridized carbons (Fsp3) is 0.214. The van der Waals surface area contributed by atoms with Crippen LogP contribution < -0.4 is 0 Å². The van der Waals surface area contributed by atoms with Crippen LogP contribution in [0.1, 0.15) is 32.6 Å². The van der Waals surface area contributed by atoms with Gasteiger partial charge < -0.3 is 0 Å². The molecule has 2 rings (SSSR count). The van der Waals surface area contributed by atoms with E-state index in [9.17, 15) is 4.79 Å². The van der Waals surface area contributed by atoms with Gasteiger partial charge in [0.05, 0.1) is 17.5 Å². The number of rotatable bonds is 0. The molecule has 0 spiro atoms. The van der Waals surface area contributed by atoms with Crippen LogP contribution >= 0.6 is 11.3 Å². The Hall–Kier alpha value is -2.17. The molecule has 0 amide bonds. The lowest BCUT2D eigenvalue weighted by molar-refractivity contribution is 0.104. The van der Waals surface area contributed by atoms with Gasteiger partial charge in [-0.1, -0.05) is 6.08 Å². The van der Waals surface area contributed by atoms with Crippen LogP contribution in [0.5, 0.6) is 0 Å². The number of carbonyl (C=O) groups is 1. The minimum atomic E-state index is -0.0694. The van der Waals surface area contributed by atoms with Crippen LogP contribution in [0.2, 0.25) is 0 Å². The second-order valence-electron chi connectivity index (χ2n) is 3.97. The summed E-state index contributed by atoms with van der Waals surface area (Å²) in [6.45, 7) is 12.7. The Morgan fingerprint density at radius 1 is 1.50 bits per heavy atom. The predicted molar refractivity (Wildman–Crippen MR) is 71.0 cm³/mol. The number of carbonyl (C=O) groups excluding carboxylic acids is 1. The largest absolute Gasteiger partial charge is 0.288 e. The number of allylic oxidation sites excluding steroid dienone is 4. The van der Waals surface area contributed by atoms with Crippen molar-refractivity contribution in [1.82, 2.24) is 0 Å². The molecule has 1 aromatic rings. The third kappa shape index (κ3) is 1.44. The Morgan fingerprint density at radius 2 is 2.17 bits per heavy atom. The summed E-state index contributed by atoms with van der Waals surface area (Å²) < 4.78 is 0. The highest BCUT2D eigenvalue weighted by atomic mass is 32.1. The summed E-state index contributed by atoms with van der Waals surface area (Å²) in [6, 6.07) is 1.89. The van der Waals surface area contributed by atoms with E-state index in [1.807, 2.05) is 19.9 Å². The first-order valence-corrected chi connectivity index (χ1v) is 6.22. The third-order valence-corrected chi connectivity index (χ3v) is 4.30. The average molecular weight is 254 g/mol. The van der Waals surface area contributed by atoms with E-state index in [1.54, 1.807) is 13.0 Å². The molecule has 4 heteroatoms. The van der Waals surface area contributed by atoms with Crippen LogP contribution in [-0.2, 0) is 0 Å². The summed E-state index contributed by atoms with van der Waals surface area (Å²) in [5.74, 6) is -0.0694. The van der Waals surface area contributed by atoms with Crippen LogP contribution in [0.3, 0.4) is 0 Å². The average Bonchev–Trinajstić information content (AvgIpc) is 2.79. The van der Waals surface area contributed by atoms with Gasteiger partial charge in [0.15, 0.2) is 0 Å². The van der Waals surface area contributed by atoms with E-state index in [0.29, 0.717) is 16.0 Å². The van der Waals surface area contributed by atoms with Crippen molar-refractivity contribution in [3.8, 4) is 6.07 Å². The Bertz CT molecular complexity index is 689. The molecular formula is C14H10N2OS. The lowest BCUT2D eigenvalue weighted by Crippen LogP contribution is -1.94. The maximum Gasteiger partial charge on any atom is 0.270 e. The van der Waals surface area contributed by atoms with E-state index in [4.69, 9.17) is 11.8 Å². The molecule has 0 bridgehead atoms. The van der Waals surface area contributed by atoms with E-state index in [2.05, 4.69) is 4.85 Å². The predicted octanol–water partition coefficient (Wildman–Crippen LogP) is 3.66. The van der Waals surface area contributed by atoms with E-state index in [1.165, 1.54) is 11.3 Å². The summed E-state index contributed by atoms with van der Waals surface area (Å²) in [7, 11) is 0. The number of ketones is 1. The molecule has 0 saturated carbocycles. The molecule has 0 aromatic carbocycles. The summed E-state index contributed by atoms with van der Waals surface area (Å²) >= 11 is 1.44. The molecule has 3 nitrogen and oxygen atoms in total. The quantitative estimate of drug-likeness (QED) is 0.403. The fourth-order valence-corrected chi connectivity index (χ4v) is 3.24. The van der Waals surface area contributed by atoms with E-state index in [-0.39, 0.29) is 11.5 Å². The topological polar surface area (TPSA) is 45.2 Å². The van der Waals surface area contributed by atoms with Gasteiger partial charge in [-0.25, -0.2) is 10.1 Å². The fourth-order valence-electron chi connectivity index (χ4n) is 2.12. The normalized spacial score (nSPS) is 18.5. The third-order valence-electron chi connectivity index (χ3n) is 3.10. The second kappa shape index (κ2) is 4.25. The van der Waals surface area contributed by atoms with Crippen LogP contribution in [-0.4, -0.2) is 5.78 Å². The molecule has 0 N–H and O–H groups in total. The lowest BCUT2D eigenvalue weighted by Gasteiger charge is -2.03. The zero-order valence-corrected chi connectivity index (χ0v) is 11.1. The standard InChI is InChI=1S/C14H10N2OS/c1-5-9-12(10(6-15)16-4)11-7(2)8(3)18-14(11)13(9)17/h5H,1-3H3/b9-5-,12-10+. The summed E-state index contributed by atoms with van der Waals surface area (Å²) in [4.78, 5) is 17.2. The number of aryl methyl sites for hydroxylation is 1. The first kappa shape index (κ1) is 12.3. The molecule has 88 valence electrons. The number of thiophene rings is 1. The van der Waals surface area contributed by atoms with Crippen LogP contribution in [0.15, 0.2) is 17.3 Å². The maximum atomic E-state index is 12.2. The van der Waals surface area contributed by atoms with Gasteiger partial charge in [0.1, 0.15) is 0 Å². The number of nitriles is 1. The summed E-state index contributed by atoms with van der Waals surface area (Å²) in [6.07, 6.45) is 1.68. The zero-order valence-electron chi connectivity index (χ0n) is 10.3. The minimum absolute atomic E-state index is 0.00361. The van der Waals surface area contributed by atoms with Gasteiger partial charge in [0.25, 0.3) is 5.70 Å². The second-order valence-corrected chi connectivity index (χ2v) is 5.19. The molecule has 1 aliphatic rings. The van der Waals surface area contributed by atoms with Gasteiger partial charge in [-0.3, -0.25) is 4.79 Å². The molecular weight excluding hydrogens is 244 g/mol. The van der Waals surface area contributed by atoms with Gasteiger partial charge >= 0.3 is 0 Å². The Kier molecular flexibility index (Phi) is 2.90. The van der Waals surface area contributed by atoms with Crippen molar-refractivity contribution in [2.45, 2.75) is 20.8 Å². The highest BCUT2D eigenvalue weighted by Gasteiger charge is 2.35. The minimum Gasteiger partial charge on any atom is -0.288 e. The summed E-state index contributed by atoms with van der Waals surface area (Å²) in [5.41, 5.74) is 2.76. The van der Waals surface area contributed by atoms with Crippen LogP contribution in [0.4, 0.5) is 0 Å². The number of hydrogen-bond donors (Lipinski definition) is 0. The SMILES string of the molecule is [C-]#[N+]/C(C#N)=C1\C(=C\C)C(=O)c2sc(C)c(C)c21. The van der Waals surface area contributed by atoms with Crippen molar-refractivity contribution in [3.63, 3.8) is 0 Å². The smallest absolute Gasteiger partial charge is 0.270 e. The molecule has 0 saturated heterocycles. The maximum absolute atomic E-state index is 12.2. The van der Waals surface area contributed by atoms with Crippen molar-refractivity contribution >= 4 is 22.7 Å². The van der Waals surface area contributed by atoms with Crippen molar-refractivity contribution < 1.29 is 4.79 Å². The monoisotopic (exact) mass is 254 g/mol. The van der Waals surface area contributed by atoms with Gasteiger partial charge in [0.2, 0.25) is 5.78 Å². The Balaban J connectivity index is 2.92. The zero-order chi connectivity index (χ0) is 13.4. The van der Waals surface area contributed by atoms with Gasteiger partial charge in [0, 0.05) is 16.0 Å². The highest BCUT2D eigenvalue weighted by Crippen LogP contribution is 2.45. The molecule has 0 fully saturated rings. The molecule has 1 aromatic heterocycles. The number of hydrogen-bond acceptors (Lipinski definition) is 3. The number of Topliss-reactive ketones (excluding diaryl/α,β-unsaturated/α-hetero) is 1. The van der Waals surface area contributed by atoms with E-state index < -0.39 is 0 Å². The van der Waals surface area contributed by atoms with Crippen molar-refractivity contribution in [2.75, 3.05) is 0 Å². The molecule has 1 aliphatic carbocycles. The highest BCUT2D eigenvalue weighted by molar-refractivity contribution is 7.15. The van der Waals surface area contributed by atoms with Crippen molar-refractivity contribution in [2.24, 2.45) is 0 Å². The Labute approximate surface area is 109 Å². The summed E-state index contributed by atoms with van der Waals surface area (Å²) in [5, 5.41) is 9.05. The van der Waals surface area contributed by atoms with Gasteiger partial charge in [-0.2, -0.15) is 0 Å². The first-order valence-electron chi connectivity index (χ1n) is 5.40.